The summed E-state index contributed by atoms with van der Waals surface area (Å²) in [5.41, 5.74) is 8.53. The molecule has 0 saturated heterocycles. The van der Waals surface area contributed by atoms with Crippen LogP contribution in [0.2, 0.25) is 0 Å². The zero-order valence-electron chi connectivity index (χ0n) is 10.1. The van der Waals surface area contributed by atoms with Gasteiger partial charge in [0.2, 0.25) is 5.71 Å². The number of rotatable bonds is 2. The van der Waals surface area contributed by atoms with Gasteiger partial charge in [0.1, 0.15) is 5.82 Å². The standard InChI is InChI=1S/C14H13N3O/c1-2-9-8-18-14-11(9)12(15)16-13(17-14)10-6-4-3-5-7-10/h3-8H,2H2,1H3,(H2,15,16,17). The quantitative estimate of drug-likeness (QED) is 0.746. The van der Waals surface area contributed by atoms with Gasteiger partial charge < -0.3 is 10.2 Å². The summed E-state index contributed by atoms with van der Waals surface area (Å²) < 4.78 is 5.45. The zero-order valence-corrected chi connectivity index (χ0v) is 10.1. The number of nitrogens with two attached hydrogens (primary N) is 1. The number of anilines is 1. The summed E-state index contributed by atoms with van der Waals surface area (Å²) in [5.74, 6) is 1.07. The monoisotopic (exact) mass is 239 g/mol. The molecule has 0 saturated carbocycles. The van der Waals surface area contributed by atoms with Crippen LogP contribution in [0.5, 0.6) is 0 Å². The molecule has 0 unspecified atom stereocenters. The van der Waals surface area contributed by atoms with Crippen LogP contribution in [0.15, 0.2) is 41.0 Å². The van der Waals surface area contributed by atoms with Gasteiger partial charge in [-0.1, -0.05) is 37.3 Å². The van der Waals surface area contributed by atoms with E-state index in [0.717, 1.165) is 22.9 Å². The van der Waals surface area contributed by atoms with Crippen molar-refractivity contribution >= 4 is 16.9 Å². The van der Waals surface area contributed by atoms with Gasteiger partial charge in [0.05, 0.1) is 11.6 Å². The van der Waals surface area contributed by atoms with Gasteiger partial charge in [-0.3, -0.25) is 0 Å². The molecule has 0 spiro atoms. The molecule has 2 heterocycles. The van der Waals surface area contributed by atoms with Crippen LogP contribution in [0.4, 0.5) is 5.82 Å². The van der Waals surface area contributed by atoms with E-state index in [4.69, 9.17) is 10.2 Å². The highest BCUT2D eigenvalue weighted by molar-refractivity contribution is 5.89. The van der Waals surface area contributed by atoms with E-state index in [1.807, 2.05) is 30.3 Å². The summed E-state index contributed by atoms with van der Waals surface area (Å²) in [6.07, 6.45) is 2.55. The highest BCUT2D eigenvalue weighted by Crippen LogP contribution is 2.27. The third-order valence-corrected chi connectivity index (χ3v) is 2.95. The number of nitrogen functional groups attached to an aromatic ring is 1. The molecule has 0 radical (unpaired) electrons. The molecule has 3 rings (SSSR count). The normalized spacial score (nSPS) is 10.9. The average molecular weight is 239 g/mol. The molecular formula is C14H13N3O. The van der Waals surface area contributed by atoms with Crippen LogP contribution in [0.3, 0.4) is 0 Å². The molecule has 0 amide bonds. The molecule has 0 atom stereocenters. The van der Waals surface area contributed by atoms with Crippen LogP contribution < -0.4 is 5.73 Å². The van der Waals surface area contributed by atoms with E-state index in [9.17, 15) is 0 Å². The zero-order chi connectivity index (χ0) is 12.5. The molecule has 2 N–H and O–H groups in total. The number of aromatic nitrogens is 2. The van der Waals surface area contributed by atoms with Crippen LogP contribution in [0, 0.1) is 0 Å². The number of hydrogen-bond acceptors (Lipinski definition) is 4. The molecule has 0 aliphatic carbocycles. The lowest BCUT2D eigenvalue weighted by Crippen LogP contribution is -1.97. The van der Waals surface area contributed by atoms with E-state index < -0.39 is 0 Å². The molecular weight excluding hydrogens is 226 g/mol. The SMILES string of the molecule is CCc1coc2nc(-c3ccccc3)nc(N)c12. The molecule has 3 aromatic rings. The minimum atomic E-state index is 0.476. The average Bonchev–Trinajstić information content (AvgIpc) is 2.83. The molecule has 90 valence electrons. The maximum absolute atomic E-state index is 6.00. The van der Waals surface area contributed by atoms with Crippen LogP contribution in [0.25, 0.3) is 22.5 Å². The van der Waals surface area contributed by atoms with E-state index in [-0.39, 0.29) is 0 Å². The fourth-order valence-corrected chi connectivity index (χ4v) is 2.01. The van der Waals surface area contributed by atoms with Crippen molar-refractivity contribution in [1.82, 2.24) is 9.97 Å². The Balaban J connectivity index is 2.23. The second-order valence-corrected chi connectivity index (χ2v) is 4.09. The summed E-state index contributed by atoms with van der Waals surface area (Å²) in [6.45, 7) is 2.05. The first kappa shape index (κ1) is 10.8. The number of benzene rings is 1. The molecule has 0 fully saturated rings. The van der Waals surface area contributed by atoms with Gasteiger partial charge in [-0.2, -0.15) is 4.98 Å². The van der Waals surface area contributed by atoms with Crippen molar-refractivity contribution in [2.75, 3.05) is 5.73 Å². The predicted molar refractivity (Wildman–Crippen MR) is 71.0 cm³/mol. The second kappa shape index (κ2) is 4.14. The van der Waals surface area contributed by atoms with Gasteiger partial charge >= 0.3 is 0 Å². The lowest BCUT2D eigenvalue weighted by atomic mass is 10.1. The summed E-state index contributed by atoms with van der Waals surface area (Å²) in [5, 5.41) is 0.831. The Kier molecular flexibility index (Phi) is 2.48. The number of aryl methyl sites for hydroxylation is 1. The number of fused-ring (bicyclic) bond motifs is 1. The fraction of sp³-hybridized carbons (Fsp3) is 0.143. The highest BCUT2D eigenvalue weighted by atomic mass is 16.3. The molecule has 4 nitrogen and oxygen atoms in total. The van der Waals surface area contributed by atoms with E-state index in [2.05, 4.69) is 16.9 Å². The van der Waals surface area contributed by atoms with Crippen LogP contribution in [-0.4, -0.2) is 9.97 Å². The van der Waals surface area contributed by atoms with Gasteiger partial charge in [0.25, 0.3) is 0 Å². The van der Waals surface area contributed by atoms with Crippen molar-refractivity contribution in [3.8, 4) is 11.4 Å². The van der Waals surface area contributed by atoms with E-state index in [1.54, 1.807) is 6.26 Å². The molecule has 0 aliphatic heterocycles. The van der Waals surface area contributed by atoms with Crippen molar-refractivity contribution in [3.05, 3.63) is 42.2 Å². The second-order valence-electron chi connectivity index (χ2n) is 4.09. The van der Waals surface area contributed by atoms with Crippen molar-refractivity contribution in [3.63, 3.8) is 0 Å². The van der Waals surface area contributed by atoms with Gasteiger partial charge in [-0.15, -0.1) is 0 Å². The lowest BCUT2D eigenvalue weighted by Gasteiger charge is -2.02. The Bertz CT molecular complexity index is 689. The van der Waals surface area contributed by atoms with E-state index in [1.165, 1.54) is 0 Å². The first-order valence-electron chi connectivity index (χ1n) is 5.88. The summed E-state index contributed by atoms with van der Waals surface area (Å²) in [4.78, 5) is 8.78. The van der Waals surface area contributed by atoms with Crippen LogP contribution in [-0.2, 0) is 6.42 Å². The molecule has 2 aromatic heterocycles. The number of nitrogens with zero attached hydrogens (tertiary/aromatic N) is 2. The fourth-order valence-electron chi connectivity index (χ4n) is 2.01. The predicted octanol–water partition coefficient (Wildman–Crippen LogP) is 3.03. The first-order valence-corrected chi connectivity index (χ1v) is 5.88. The van der Waals surface area contributed by atoms with Crippen molar-refractivity contribution in [2.24, 2.45) is 0 Å². The van der Waals surface area contributed by atoms with Crippen LogP contribution in [0.1, 0.15) is 12.5 Å². The highest BCUT2D eigenvalue weighted by Gasteiger charge is 2.13. The van der Waals surface area contributed by atoms with Gasteiger partial charge in [-0.25, -0.2) is 4.98 Å². The number of hydrogen-bond donors (Lipinski definition) is 1. The topological polar surface area (TPSA) is 64.9 Å². The van der Waals surface area contributed by atoms with Crippen molar-refractivity contribution in [1.29, 1.82) is 0 Å². The van der Waals surface area contributed by atoms with Crippen molar-refractivity contribution in [2.45, 2.75) is 13.3 Å². The summed E-state index contributed by atoms with van der Waals surface area (Å²) in [6, 6.07) is 9.74. The van der Waals surface area contributed by atoms with E-state index >= 15 is 0 Å². The Labute approximate surface area is 104 Å². The molecule has 1 aromatic carbocycles. The lowest BCUT2D eigenvalue weighted by molar-refractivity contribution is 0.599. The molecule has 18 heavy (non-hydrogen) atoms. The maximum atomic E-state index is 6.00. The minimum Gasteiger partial charge on any atom is -0.446 e. The van der Waals surface area contributed by atoms with Gasteiger partial charge in [0, 0.05) is 11.1 Å². The van der Waals surface area contributed by atoms with Gasteiger partial charge in [0.15, 0.2) is 5.82 Å². The maximum Gasteiger partial charge on any atom is 0.231 e. The first-order chi connectivity index (χ1) is 8.79. The minimum absolute atomic E-state index is 0.476. The van der Waals surface area contributed by atoms with Gasteiger partial charge in [-0.05, 0) is 6.42 Å². The number of furan rings is 1. The largest absolute Gasteiger partial charge is 0.446 e. The third-order valence-electron chi connectivity index (χ3n) is 2.95. The summed E-state index contributed by atoms with van der Waals surface area (Å²) >= 11 is 0. The summed E-state index contributed by atoms with van der Waals surface area (Å²) in [7, 11) is 0. The van der Waals surface area contributed by atoms with Crippen LogP contribution >= 0.6 is 0 Å². The Morgan fingerprint density at radius 2 is 1.94 bits per heavy atom. The molecule has 4 heteroatoms. The smallest absolute Gasteiger partial charge is 0.231 e. The molecule has 0 aliphatic rings. The Morgan fingerprint density at radius 1 is 1.17 bits per heavy atom. The van der Waals surface area contributed by atoms with E-state index in [0.29, 0.717) is 17.4 Å². The Hall–Kier alpha value is -2.36. The third kappa shape index (κ3) is 1.62. The Morgan fingerprint density at radius 3 is 2.67 bits per heavy atom. The van der Waals surface area contributed by atoms with Crippen molar-refractivity contribution < 1.29 is 4.42 Å². The molecule has 0 bridgehead atoms.